The SMILES string of the molecule is CCCC[C@H]1O[C@@H]1CI. The summed E-state index contributed by atoms with van der Waals surface area (Å²) in [6.45, 7) is 2.22. The van der Waals surface area contributed by atoms with Gasteiger partial charge in [-0.25, -0.2) is 0 Å². The topological polar surface area (TPSA) is 12.5 Å². The van der Waals surface area contributed by atoms with Crippen LogP contribution in [0.1, 0.15) is 26.2 Å². The highest BCUT2D eigenvalue weighted by Gasteiger charge is 2.36. The quantitative estimate of drug-likeness (QED) is 0.417. The molecule has 1 heterocycles. The predicted octanol–water partition coefficient (Wildman–Crippen LogP) is 2.38. The molecule has 0 aromatic heterocycles. The Morgan fingerprint density at radius 3 is 2.67 bits per heavy atom. The molecule has 2 atom stereocenters. The number of ether oxygens (including phenoxy) is 1. The van der Waals surface area contributed by atoms with Gasteiger partial charge in [-0.1, -0.05) is 42.4 Å². The Hall–Kier alpha value is 0.690. The molecule has 0 spiro atoms. The smallest absolute Gasteiger partial charge is 0.0931 e. The minimum absolute atomic E-state index is 0.608. The van der Waals surface area contributed by atoms with E-state index in [0.29, 0.717) is 12.2 Å². The second-order valence-electron chi connectivity index (χ2n) is 2.51. The van der Waals surface area contributed by atoms with Crippen LogP contribution >= 0.6 is 22.6 Å². The summed E-state index contributed by atoms with van der Waals surface area (Å²) in [5, 5.41) is 0. The molecule has 1 saturated heterocycles. The summed E-state index contributed by atoms with van der Waals surface area (Å²) < 4.78 is 6.53. The normalized spacial score (nSPS) is 32.7. The van der Waals surface area contributed by atoms with Crippen LogP contribution in [0.25, 0.3) is 0 Å². The van der Waals surface area contributed by atoms with E-state index in [1.54, 1.807) is 0 Å². The fraction of sp³-hybridized carbons (Fsp3) is 1.00. The molecule has 0 aliphatic carbocycles. The van der Waals surface area contributed by atoms with Gasteiger partial charge in [0.25, 0.3) is 0 Å². The standard InChI is InChI=1S/C7H13IO/c1-2-3-4-6-7(5-8)9-6/h6-7H,2-5H2,1H3/t6-,7-/m1/s1. The van der Waals surface area contributed by atoms with Gasteiger partial charge in [0.05, 0.1) is 12.2 Å². The Morgan fingerprint density at radius 1 is 1.44 bits per heavy atom. The molecule has 0 bridgehead atoms. The van der Waals surface area contributed by atoms with Crippen LogP contribution in [-0.2, 0) is 4.74 Å². The average molecular weight is 240 g/mol. The molecule has 9 heavy (non-hydrogen) atoms. The van der Waals surface area contributed by atoms with Crippen molar-refractivity contribution in [2.45, 2.75) is 38.4 Å². The average Bonchev–Trinajstić information content (AvgIpc) is 2.62. The van der Waals surface area contributed by atoms with Crippen molar-refractivity contribution in [1.82, 2.24) is 0 Å². The fourth-order valence-electron chi connectivity index (χ4n) is 0.974. The van der Waals surface area contributed by atoms with Crippen molar-refractivity contribution in [2.75, 3.05) is 4.43 Å². The Morgan fingerprint density at radius 2 is 2.22 bits per heavy atom. The molecule has 1 aliphatic rings. The number of hydrogen-bond donors (Lipinski definition) is 0. The Labute approximate surface area is 70.3 Å². The van der Waals surface area contributed by atoms with Gasteiger partial charge in [0.15, 0.2) is 0 Å². The molecule has 0 aromatic rings. The molecule has 0 aromatic carbocycles. The van der Waals surface area contributed by atoms with Gasteiger partial charge in [-0.05, 0) is 6.42 Å². The molecule has 1 fully saturated rings. The minimum Gasteiger partial charge on any atom is -0.369 e. The van der Waals surface area contributed by atoms with E-state index in [2.05, 4.69) is 29.5 Å². The molecule has 1 nitrogen and oxygen atoms in total. The van der Waals surface area contributed by atoms with Gasteiger partial charge in [-0.15, -0.1) is 0 Å². The maximum Gasteiger partial charge on any atom is 0.0931 e. The summed E-state index contributed by atoms with van der Waals surface area (Å²) in [6.07, 6.45) is 5.15. The number of epoxide rings is 1. The second-order valence-corrected chi connectivity index (χ2v) is 3.39. The Balaban J connectivity index is 1.92. The van der Waals surface area contributed by atoms with Crippen LogP contribution in [-0.4, -0.2) is 16.6 Å². The minimum atomic E-state index is 0.608. The lowest BCUT2D eigenvalue weighted by molar-refractivity contribution is 0.369. The highest BCUT2D eigenvalue weighted by atomic mass is 127. The second kappa shape index (κ2) is 3.76. The first-order valence-corrected chi connectivity index (χ1v) is 5.12. The maximum atomic E-state index is 5.36. The number of unbranched alkanes of at least 4 members (excludes halogenated alkanes) is 1. The van der Waals surface area contributed by atoms with Gasteiger partial charge in [0.2, 0.25) is 0 Å². The lowest BCUT2D eigenvalue weighted by atomic mass is 10.2. The van der Waals surface area contributed by atoms with Crippen molar-refractivity contribution in [1.29, 1.82) is 0 Å². The zero-order valence-electron chi connectivity index (χ0n) is 5.77. The van der Waals surface area contributed by atoms with Gasteiger partial charge in [0.1, 0.15) is 0 Å². The van der Waals surface area contributed by atoms with E-state index >= 15 is 0 Å². The highest BCUT2D eigenvalue weighted by Crippen LogP contribution is 2.28. The Bertz CT molecular complexity index is 85.0. The lowest BCUT2D eigenvalue weighted by Gasteiger charge is -1.88. The zero-order valence-corrected chi connectivity index (χ0v) is 7.93. The van der Waals surface area contributed by atoms with Gasteiger partial charge in [-0.2, -0.15) is 0 Å². The summed E-state index contributed by atoms with van der Waals surface area (Å²) in [6, 6.07) is 0. The first-order valence-electron chi connectivity index (χ1n) is 3.60. The summed E-state index contributed by atoms with van der Waals surface area (Å²) >= 11 is 2.38. The lowest BCUT2D eigenvalue weighted by Crippen LogP contribution is -1.93. The van der Waals surface area contributed by atoms with Gasteiger partial charge in [-0.3, -0.25) is 0 Å². The van der Waals surface area contributed by atoms with Crippen molar-refractivity contribution in [2.24, 2.45) is 0 Å². The van der Waals surface area contributed by atoms with Crippen molar-refractivity contribution in [3.05, 3.63) is 0 Å². The van der Waals surface area contributed by atoms with E-state index in [9.17, 15) is 0 Å². The summed E-state index contributed by atoms with van der Waals surface area (Å²) in [5.74, 6) is 0. The fourth-order valence-corrected chi connectivity index (χ4v) is 1.75. The third-order valence-corrected chi connectivity index (χ3v) is 2.55. The maximum absolute atomic E-state index is 5.36. The molecular formula is C7H13IO. The van der Waals surface area contributed by atoms with Crippen LogP contribution < -0.4 is 0 Å². The Kier molecular flexibility index (Phi) is 3.26. The molecule has 0 radical (unpaired) electrons. The molecule has 1 aliphatic heterocycles. The van der Waals surface area contributed by atoms with Crippen molar-refractivity contribution in [3.63, 3.8) is 0 Å². The van der Waals surface area contributed by atoms with E-state index in [4.69, 9.17) is 4.74 Å². The van der Waals surface area contributed by atoms with E-state index < -0.39 is 0 Å². The van der Waals surface area contributed by atoms with Crippen molar-refractivity contribution < 1.29 is 4.74 Å². The first-order chi connectivity index (χ1) is 4.38. The number of hydrogen-bond acceptors (Lipinski definition) is 1. The summed E-state index contributed by atoms with van der Waals surface area (Å²) in [5.41, 5.74) is 0. The van der Waals surface area contributed by atoms with Crippen molar-refractivity contribution in [3.8, 4) is 0 Å². The molecule has 2 heteroatoms. The molecule has 0 amide bonds. The molecule has 54 valence electrons. The highest BCUT2D eigenvalue weighted by molar-refractivity contribution is 14.1. The van der Waals surface area contributed by atoms with Gasteiger partial charge in [0, 0.05) is 4.43 Å². The van der Waals surface area contributed by atoms with Crippen LogP contribution in [0.4, 0.5) is 0 Å². The molecule has 0 unspecified atom stereocenters. The third-order valence-electron chi connectivity index (χ3n) is 1.68. The van der Waals surface area contributed by atoms with Crippen LogP contribution in [0.15, 0.2) is 0 Å². The monoisotopic (exact) mass is 240 g/mol. The van der Waals surface area contributed by atoms with E-state index in [1.165, 1.54) is 23.7 Å². The summed E-state index contributed by atoms with van der Waals surface area (Å²) in [4.78, 5) is 0. The molecular weight excluding hydrogens is 227 g/mol. The van der Waals surface area contributed by atoms with Gasteiger partial charge >= 0.3 is 0 Å². The first kappa shape index (κ1) is 7.79. The van der Waals surface area contributed by atoms with E-state index in [1.807, 2.05) is 0 Å². The summed E-state index contributed by atoms with van der Waals surface area (Å²) in [7, 11) is 0. The van der Waals surface area contributed by atoms with Crippen LogP contribution in [0.5, 0.6) is 0 Å². The molecule has 0 saturated carbocycles. The number of rotatable bonds is 4. The number of halogens is 1. The van der Waals surface area contributed by atoms with Gasteiger partial charge < -0.3 is 4.74 Å². The zero-order chi connectivity index (χ0) is 6.69. The molecule has 0 N–H and O–H groups in total. The van der Waals surface area contributed by atoms with E-state index in [0.717, 1.165) is 0 Å². The third kappa shape index (κ3) is 2.42. The van der Waals surface area contributed by atoms with Crippen LogP contribution in [0.3, 0.4) is 0 Å². The van der Waals surface area contributed by atoms with E-state index in [-0.39, 0.29) is 0 Å². The largest absolute Gasteiger partial charge is 0.369 e. The van der Waals surface area contributed by atoms with Crippen molar-refractivity contribution >= 4 is 22.6 Å². The predicted molar refractivity (Wildman–Crippen MR) is 47.1 cm³/mol. The van der Waals surface area contributed by atoms with Crippen LogP contribution in [0.2, 0.25) is 0 Å². The molecule has 1 rings (SSSR count). The van der Waals surface area contributed by atoms with Crippen LogP contribution in [0, 0.1) is 0 Å². The number of alkyl halides is 1.